The minimum Gasteiger partial charge on any atom is -0.311 e. The molecule has 1 aromatic heterocycles. The molecule has 0 fully saturated rings. The molecule has 5 rings (SSSR count). The molecule has 7 nitrogen and oxygen atoms in total. The van der Waals surface area contributed by atoms with Gasteiger partial charge >= 0.3 is 0 Å². The van der Waals surface area contributed by atoms with Gasteiger partial charge in [-0.2, -0.15) is 0 Å². The number of anilines is 2. The minimum absolute atomic E-state index is 0. The predicted octanol–water partition coefficient (Wildman–Crippen LogP) is 3.79. The van der Waals surface area contributed by atoms with Crippen LogP contribution in [-0.4, -0.2) is 43.8 Å². The minimum atomic E-state index is -3.72. The van der Waals surface area contributed by atoms with E-state index in [0.717, 1.165) is 24.2 Å². The van der Waals surface area contributed by atoms with Crippen molar-refractivity contribution in [1.29, 1.82) is 0 Å². The average Bonchev–Trinajstić information content (AvgIpc) is 3.42. The van der Waals surface area contributed by atoms with Crippen LogP contribution in [0.15, 0.2) is 52.9 Å². The highest BCUT2D eigenvalue weighted by molar-refractivity contribution is 7.93. The van der Waals surface area contributed by atoms with Gasteiger partial charge in [-0.1, -0.05) is 17.7 Å². The van der Waals surface area contributed by atoms with Gasteiger partial charge in [-0.25, -0.2) is 13.4 Å². The monoisotopic (exact) mass is 490 g/mol. The number of thiazole rings is 1. The van der Waals surface area contributed by atoms with Crippen molar-refractivity contribution in [1.82, 2.24) is 9.88 Å². The summed E-state index contributed by atoms with van der Waals surface area (Å²) in [6.07, 6.45) is 3.06. The zero-order valence-electron chi connectivity index (χ0n) is 17.1. The van der Waals surface area contributed by atoms with Crippen molar-refractivity contribution in [2.24, 2.45) is 0 Å². The van der Waals surface area contributed by atoms with Crippen molar-refractivity contribution in [3.63, 3.8) is 0 Å². The normalized spacial score (nSPS) is 16.0. The summed E-state index contributed by atoms with van der Waals surface area (Å²) in [4.78, 5) is 21.1. The van der Waals surface area contributed by atoms with Gasteiger partial charge in [-0.3, -0.25) is 14.4 Å². The first kappa shape index (κ1) is 21.4. The van der Waals surface area contributed by atoms with Crippen LogP contribution in [0.3, 0.4) is 0 Å². The summed E-state index contributed by atoms with van der Waals surface area (Å²) in [6.45, 7) is 2.38. The van der Waals surface area contributed by atoms with Crippen molar-refractivity contribution in [3.8, 4) is 0 Å². The number of hydrogen-bond acceptors (Lipinski definition) is 6. The zero-order chi connectivity index (χ0) is 22.3. The lowest BCUT2D eigenvalue weighted by atomic mass is 10.00. The van der Waals surface area contributed by atoms with Gasteiger partial charge in [-0.15, -0.1) is 11.3 Å². The van der Waals surface area contributed by atoms with E-state index in [2.05, 4.69) is 20.7 Å². The summed E-state index contributed by atoms with van der Waals surface area (Å²) in [7, 11) is -3.72. The van der Waals surface area contributed by atoms with Crippen LogP contribution in [-0.2, 0) is 34.2 Å². The Morgan fingerprint density at radius 1 is 1.12 bits per heavy atom. The third-order valence-electron chi connectivity index (χ3n) is 5.83. The molecular formula is C22H23ClN4O3S2. The number of carbonyl (C=O) groups is 1. The summed E-state index contributed by atoms with van der Waals surface area (Å²) in [5, 5.41) is 2.74. The number of fused-ring (bicyclic) bond motifs is 2. The number of amides is 1. The maximum atomic E-state index is 13.1. The van der Waals surface area contributed by atoms with Crippen LogP contribution in [0.1, 0.15) is 18.1 Å². The second-order valence-electron chi connectivity index (χ2n) is 7.90. The van der Waals surface area contributed by atoms with E-state index < -0.39 is 10.0 Å². The molecular weight excluding hydrogens is 468 g/mol. The summed E-state index contributed by atoms with van der Waals surface area (Å²) >= 11 is 7.35. The van der Waals surface area contributed by atoms with E-state index in [-0.39, 0.29) is 12.2 Å². The molecule has 0 atom stereocenters. The van der Waals surface area contributed by atoms with Gasteiger partial charge in [0.25, 0.3) is 10.0 Å². The van der Waals surface area contributed by atoms with Crippen molar-refractivity contribution in [2.45, 2.75) is 24.3 Å². The van der Waals surface area contributed by atoms with Crippen molar-refractivity contribution >= 4 is 49.7 Å². The number of aromatic nitrogens is 1. The van der Waals surface area contributed by atoms with Crippen LogP contribution in [0.4, 0.5) is 10.8 Å². The first-order valence-corrected chi connectivity index (χ1v) is 13.0. The third-order valence-corrected chi connectivity index (χ3v) is 8.22. The molecule has 0 bridgehead atoms. The molecule has 3 heterocycles. The Kier molecular flexibility index (Phi) is 5.66. The Labute approximate surface area is 197 Å². The molecule has 1 amide bonds. The van der Waals surface area contributed by atoms with Crippen LogP contribution < -0.4 is 9.62 Å². The highest BCUT2D eigenvalue weighted by Gasteiger charge is 2.29. The van der Waals surface area contributed by atoms with Crippen molar-refractivity contribution in [3.05, 3.63) is 69.7 Å². The lowest BCUT2D eigenvalue weighted by Crippen LogP contribution is -2.41. The third kappa shape index (κ3) is 4.25. The van der Waals surface area contributed by atoms with Crippen LogP contribution in [0, 0.1) is 0 Å². The molecule has 2 aliphatic rings. The van der Waals surface area contributed by atoms with Crippen molar-refractivity contribution < 1.29 is 14.6 Å². The fourth-order valence-corrected chi connectivity index (χ4v) is 6.28. The number of sulfonamides is 1. The second kappa shape index (κ2) is 8.47. The van der Waals surface area contributed by atoms with Crippen LogP contribution in [0.5, 0.6) is 0 Å². The molecule has 3 aromatic rings. The molecule has 32 heavy (non-hydrogen) atoms. The highest BCUT2D eigenvalue weighted by Crippen LogP contribution is 2.31. The summed E-state index contributed by atoms with van der Waals surface area (Å²) in [5.74, 6) is 0.0192. The Bertz CT molecular complexity index is 1280. The number of nitrogens with zero attached hydrogens (tertiary/aromatic N) is 3. The fraction of sp³-hybridized carbons (Fsp3) is 0.273. The SMILES string of the molecule is O=C(CN1CCc2ccc(Cl)cc2C1)N1CCc2cc(S(=O)(=O)Nc3nccs3)ccc21.[HH]. The Morgan fingerprint density at radius 2 is 1.97 bits per heavy atom. The number of carbonyl (C=O) groups excluding carboxylic acids is 1. The number of hydrogen-bond donors (Lipinski definition) is 1. The number of rotatable bonds is 5. The van der Waals surface area contributed by atoms with E-state index in [1.54, 1.807) is 34.7 Å². The van der Waals surface area contributed by atoms with E-state index >= 15 is 0 Å². The van der Waals surface area contributed by atoms with Crippen molar-refractivity contribution in [2.75, 3.05) is 29.3 Å². The number of nitrogens with one attached hydrogen (secondary N) is 1. The van der Waals surface area contributed by atoms with E-state index in [9.17, 15) is 13.2 Å². The van der Waals surface area contributed by atoms with E-state index in [0.29, 0.717) is 36.2 Å². The van der Waals surface area contributed by atoms with Crippen LogP contribution in [0.25, 0.3) is 0 Å². The first-order chi connectivity index (χ1) is 15.4. The zero-order valence-corrected chi connectivity index (χ0v) is 19.5. The molecule has 2 aliphatic heterocycles. The summed E-state index contributed by atoms with van der Waals surface area (Å²) < 4.78 is 27.8. The van der Waals surface area contributed by atoms with Gasteiger partial charge in [0.1, 0.15) is 0 Å². The van der Waals surface area contributed by atoms with Gasteiger partial charge in [0.2, 0.25) is 5.91 Å². The standard InChI is InChI=1S/C22H21ClN4O3S2.H2/c23-18-2-1-15-5-8-26(13-17(15)11-18)14-21(28)27-9-6-16-12-19(3-4-20(16)27)32(29,30)25-22-24-7-10-31-22;/h1-4,7,10-12H,5-6,8-9,13-14H2,(H,24,25);1H. The predicted molar refractivity (Wildman–Crippen MR) is 128 cm³/mol. The second-order valence-corrected chi connectivity index (χ2v) is 10.9. The fourth-order valence-electron chi connectivity index (χ4n) is 4.25. The topological polar surface area (TPSA) is 82.6 Å². The molecule has 168 valence electrons. The Morgan fingerprint density at radius 3 is 2.78 bits per heavy atom. The van der Waals surface area contributed by atoms with Gasteiger partial charge in [0.15, 0.2) is 5.13 Å². The number of benzene rings is 2. The lowest BCUT2D eigenvalue weighted by molar-refractivity contribution is -0.119. The molecule has 1 N–H and O–H groups in total. The molecule has 0 unspecified atom stereocenters. The molecule has 2 aromatic carbocycles. The molecule has 0 radical (unpaired) electrons. The van der Waals surface area contributed by atoms with Crippen LogP contribution >= 0.6 is 22.9 Å². The van der Waals surface area contributed by atoms with E-state index in [4.69, 9.17) is 11.6 Å². The maximum absolute atomic E-state index is 13.1. The first-order valence-electron chi connectivity index (χ1n) is 10.2. The van der Waals surface area contributed by atoms with Gasteiger partial charge in [0, 0.05) is 43.3 Å². The Hall–Kier alpha value is -2.46. The van der Waals surface area contributed by atoms with E-state index in [1.165, 1.54) is 22.5 Å². The molecule has 0 saturated heterocycles. The van der Waals surface area contributed by atoms with Gasteiger partial charge in [-0.05, 0) is 59.9 Å². The van der Waals surface area contributed by atoms with Gasteiger partial charge < -0.3 is 4.90 Å². The molecule has 0 spiro atoms. The lowest BCUT2D eigenvalue weighted by Gasteiger charge is -2.30. The smallest absolute Gasteiger partial charge is 0.263 e. The molecule has 10 heteroatoms. The largest absolute Gasteiger partial charge is 0.311 e. The number of halogens is 1. The van der Waals surface area contributed by atoms with Gasteiger partial charge in [0.05, 0.1) is 11.4 Å². The summed E-state index contributed by atoms with van der Waals surface area (Å²) in [6, 6.07) is 10.9. The quantitative estimate of drug-likeness (QED) is 0.588. The Balaban J connectivity index is 0.00000259. The average molecular weight is 491 g/mol. The molecule has 0 saturated carbocycles. The summed E-state index contributed by atoms with van der Waals surface area (Å²) in [5.41, 5.74) is 4.09. The van der Waals surface area contributed by atoms with E-state index in [1.807, 2.05) is 12.1 Å². The maximum Gasteiger partial charge on any atom is 0.263 e. The van der Waals surface area contributed by atoms with Crippen LogP contribution in [0.2, 0.25) is 5.02 Å². The molecule has 0 aliphatic carbocycles. The highest BCUT2D eigenvalue weighted by atomic mass is 35.5.